The standard InChI is InChI=1S/C17H19N3/c1-2-13-5-7-14(8-6-13)11-20-12-15(10-18)16-4-3-9-19-17(16)20/h3-9,12H,2,10-11,18H2,1H3. The van der Waals surface area contributed by atoms with Gasteiger partial charge < -0.3 is 10.3 Å². The van der Waals surface area contributed by atoms with E-state index in [-0.39, 0.29) is 0 Å². The number of rotatable bonds is 4. The Balaban J connectivity index is 1.97. The lowest BCUT2D eigenvalue weighted by atomic mass is 10.1. The molecule has 0 aliphatic rings. The number of pyridine rings is 1. The van der Waals surface area contributed by atoms with Crippen LogP contribution in [0.4, 0.5) is 0 Å². The lowest BCUT2D eigenvalue weighted by Gasteiger charge is -2.05. The van der Waals surface area contributed by atoms with Gasteiger partial charge in [0.1, 0.15) is 5.65 Å². The summed E-state index contributed by atoms with van der Waals surface area (Å²) in [5, 5.41) is 1.15. The molecule has 1 aromatic carbocycles. The van der Waals surface area contributed by atoms with Gasteiger partial charge in [-0.3, -0.25) is 0 Å². The second-order valence-electron chi connectivity index (χ2n) is 5.03. The van der Waals surface area contributed by atoms with E-state index in [0.29, 0.717) is 6.54 Å². The average molecular weight is 265 g/mol. The van der Waals surface area contributed by atoms with E-state index in [2.05, 4.69) is 53.0 Å². The highest BCUT2D eigenvalue weighted by atomic mass is 15.0. The molecule has 3 rings (SSSR count). The summed E-state index contributed by atoms with van der Waals surface area (Å²) in [4.78, 5) is 4.49. The molecule has 0 amide bonds. The van der Waals surface area contributed by atoms with Crippen LogP contribution < -0.4 is 5.73 Å². The van der Waals surface area contributed by atoms with Crippen LogP contribution >= 0.6 is 0 Å². The molecule has 2 heterocycles. The second-order valence-corrected chi connectivity index (χ2v) is 5.03. The topological polar surface area (TPSA) is 43.8 Å². The molecule has 2 N–H and O–H groups in total. The zero-order valence-corrected chi connectivity index (χ0v) is 11.7. The highest BCUT2D eigenvalue weighted by Gasteiger charge is 2.08. The maximum atomic E-state index is 5.82. The van der Waals surface area contributed by atoms with Crippen LogP contribution in [-0.2, 0) is 19.5 Å². The summed E-state index contributed by atoms with van der Waals surface area (Å²) in [7, 11) is 0. The summed E-state index contributed by atoms with van der Waals surface area (Å²) in [6.07, 6.45) is 5.02. The third-order valence-corrected chi connectivity index (χ3v) is 3.72. The molecule has 102 valence electrons. The molecular formula is C17H19N3. The maximum absolute atomic E-state index is 5.82. The van der Waals surface area contributed by atoms with Gasteiger partial charge in [0.05, 0.1) is 0 Å². The highest BCUT2D eigenvalue weighted by molar-refractivity contribution is 5.80. The second kappa shape index (κ2) is 5.47. The Labute approximate surface area is 119 Å². The van der Waals surface area contributed by atoms with Crippen molar-refractivity contribution >= 4 is 11.0 Å². The Bertz CT molecular complexity index is 711. The van der Waals surface area contributed by atoms with Gasteiger partial charge in [-0.1, -0.05) is 31.2 Å². The van der Waals surface area contributed by atoms with E-state index >= 15 is 0 Å². The van der Waals surface area contributed by atoms with Crippen molar-refractivity contribution in [1.29, 1.82) is 0 Å². The SMILES string of the molecule is CCc1ccc(Cn2cc(CN)c3cccnc32)cc1. The number of aromatic nitrogens is 2. The first-order valence-electron chi connectivity index (χ1n) is 7.02. The van der Waals surface area contributed by atoms with Crippen molar-refractivity contribution in [2.75, 3.05) is 0 Å². The van der Waals surface area contributed by atoms with Crippen LogP contribution in [0, 0.1) is 0 Å². The summed E-state index contributed by atoms with van der Waals surface area (Å²) in [5.74, 6) is 0. The molecule has 0 aliphatic carbocycles. The van der Waals surface area contributed by atoms with Gasteiger partial charge >= 0.3 is 0 Å². The minimum absolute atomic E-state index is 0.546. The number of aryl methyl sites for hydroxylation is 1. The molecular weight excluding hydrogens is 246 g/mol. The number of hydrogen-bond donors (Lipinski definition) is 1. The van der Waals surface area contributed by atoms with E-state index in [9.17, 15) is 0 Å². The van der Waals surface area contributed by atoms with E-state index < -0.39 is 0 Å². The summed E-state index contributed by atoms with van der Waals surface area (Å²) >= 11 is 0. The fraction of sp³-hybridized carbons (Fsp3) is 0.235. The Hall–Kier alpha value is -2.13. The lowest BCUT2D eigenvalue weighted by Crippen LogP contribution is -1.99. The molecule has 0 aliphatic heterocycles. The Kier molecular flexibility index (Phi) is 3.52. The number of benzene rings is 1. The molecule has 2 aromatic heterocycles. The van der Waals surface area contributed by atoms with Gasteiger partial charge in [-0.15, -0.1) is 0 Å². The quantitative estimate of drug-likeness (QED) is 0.787. The Morgan fingerprint density at radius 2 is 1.85 bits per heavy atom. The fourth-order valence-electron chi connectivity index (χ4n) is 2.56. The molecule has 0 saturated heterocycles. The van der Waals surface area contributed by atoms with Crippen molar-refractivity contribution in [1.82, 2.24) is 9.55 Å². The Morgan fingerprint density at radius 1 is 1.10 bits per heavy atom. The molecule has 0 fully saturated rings. The van der Waals surface area contributed by atoms with Gasteiger partial charge in [0.15, 0.2) is 0 Å². The fourth-order valence-corrected chi connectivity index (χ4v) is 2.56. The van der Waals surface area contributed by atoms with Crippen molar-refractivity contribution in [2.45, 2.75) is 26.4 Å². The van der Waals surface area contributed by atoms with Gasteiger partial charge in [0.2, 0.25) is 0 Å². The Morgan fingerprint density at radius 3 is 2.55 bits per heavy atom. The van der Waals surface area contributed by atoms with E-state index in [1.165, 1.54) is 11.1 Å². The first kappa shape index (κ1) is 12.9. The minimum atomic E-state index is 0.546. The number of fused-ring (bicyclic) bond motifs is 1. The van der Waals surface area contributed by atoms with Crippen molar-refractivity contribution in [3.63, 3.8) is 0 Å². The molecule has 0 spiro atoms. The van der Waals surface area contributed by atoms with Gasteiger partial charge in [0.25, 0.3) is 0 Å². The van der Waals surface area contributed by atoms with Crippen LogP contribution in [0.3, 0.4) is 0 Å². The molecule has 3 heteroatoms. The summed E-state index contributed by atoms with van der Waals surface area (Å²) < 4.78 is 2.18. The number of nitrogens with zero attached hydrogens (tertiary/aromatic N) is 2. The van der Waals surface area contributed by atoms with Crippen LogP contribution in [0.15, 0.2) is 48.8 Å². The number of nitrogens with two attached hydrogens (primary N) is 1. The molecule has 0 radical (unpaired) electrons. The van der Waals surface area contributed by atoms with Crippen LogP contribution in [0.5, 0.6) is 0 Å². The zero-order chi connectivity index (χ0) is 13.9. The van der Waals surface area contributed by atoms with Gasteiger partial charge in [-0.2, -0.15) is 0 Å². The van der Waals surface area contributed by atoms with E-state index in [1.807, 2.05) is 12.3 Å². The predicted octanol–water partition coefficient (Wildman–Crippen LogP) is 3.11. The van der Waals surface area contributed by atoms with Gasteiger partial charge in [-0.05, 0) is 35.2 Å². The smallest absolute Gasteiger partial charge is 0.140 e. The molecule has 3 aromatic rings. The minimum Gasteiger partial charge on any atom is -0.328 e. The molecule has 0 atom stereocenters. The molecule has 20 heavy (non-hydrogen) atoms. The van der Waals surface area contributed by atoms with Crippen LogP contribution in [0.1, 0.15) is 23.6 Å². The van der Waals surface area contributed by atoms with Crippen LogP contribution in [0.25, 0.3) is 11.0 Å². The summed E-state index contributed by atoms with van der Waals surface area (Å²) in [6.45, 7) is 3.55. The lowest BCUT2D eigenvalue weighted by molar-refractivity contribution is 0.818. The maximum Gasteiger partial charge on any atom is 0.140 e. The van der Waals surface area contributed by atoms with Gasteiger partial charge in [-0.25, -0.2) is 4.98 Å². The summed E-state index contributed by atoms with van der Waals surface area (Å²) in [6, 6.07) is 12.8. The third-order valence-electron chi connectivity index (χ3n) is 3.72. The first-order chi connectivity index (χ1) is 9.81. The monoisotopic (exact) mass is 265 g/mol. The van der Waals surface area contributed by atoms with E-state index in [4.69, 9.17) is 5.73 Å². The molecule has 3 nitrogen and oxygen atoms in total. The van der Waals surface area contributed by atoms with Crippen LogP contribution in [0.2, 0.25) is 0 Å². The highest BCUT2D eigenvalue weighted by Crippen LogP contribution is 2.20. The zero-order valence-electron chi connectivity index (χ0n) is 11.7. The predicted molar refractivity (Wildman–Crippen MR) is 82.5 cm³/mol. The summed E-state index contributed by atoms with van der Waals surface area (Å²) in [5.41, 5.74) is 10.6. The van der Waals surface area contributed by atoms with Crippen molar-refractivity contribution in [3.8, 4) is 0 Å². The van der Waals surface area contributed by atoms with E-state index in [1.54, 1.807) is 0 Å². The third kappa shape index (κ3) is 2.32. The van der Waals surface area contributed by atoms with Crippen molar-refractivity contribution < 1.29 is 0 Å². The van der Waals surface area contributed by atoms with Crippen LogP contribution in [-0.4, -0.2) is 9.55 Å². The van der Waals surface area contributed by atoms with Gasteiger partial charge in [0, 0.05) is 30.9 Å². The number of hydrogen-bond acceptors (Lipinski definition) is 2. The first-order valence-corrected chi connectivity index (χ1v) is 7.02. The van der Waals surface area contributed by atoms with Crippen molar-refractivity contribution in [2.24, 2.45) is 5.73 Å². The molecule has 0 unspecified atom stereocenters. The average Bonchev–Trinajstić information content (AvgIpc) is 2.86. The largest absolute Gasteiger partial charge is 0.328 e. The van der Waals surface area contributed by atoms with E-state index in [0.717, 1.165) is 29.6 Å². The molecule has 0 saturated carbocycles. The molecule has 0 bridgehead atoms. The normalized spacial score (nSPS) is 11.1. The van der Waals surface area contributed by atoms with Crippen molar-refractivity contribution in [3.05, 3.63) is 65.5 Å².